The molecular weight excluding hydrogens is 226 g/mol. The van der Waals surface area contributed by atoms with Crippen molar-refractivity contribution in [2.24, 2.45) is 11.7 Å². The molecule has 0 aromatic heterocycles. The number of hydrogen-bond acceptors (Lipinski definition) is 2. The molecule has 0 spiro atoms. The van der Waals surface area contributed by atoms with E-state index < -0.39 is 0 Å². The zero-order valence-electron chi connectivity index (χ0n) is 9.29. The lowest BCUT2D eigenvalue weighted by molar-refractivity contribution is 0.632. The van der Waals surface area contributed by atoms with Crippen LogP contribution in [0.2, 0.25) is 5.02 Å². The largest absolute Gasteiger partial charge is 0.326 e. The second-order valence-corrected chi connectivity index (χ2v) is 5.50. The Bertz CT molecular complexity index is 312. The van der Waals surface area contributed by atoms with Crippen molar-refractivity contribution in [2.45, 2.75) is 31.7 Å². The Hall–Kier alpha value is -0.180. The van der Waals surface area contributed by atoms with Crippen LogP contribution in [0.15, 0.2) is 23.1 Å². The van der Waals surface area contributed by atoms with E-state index in [2.05, 4.69) is 19.9 Å². The van der Waals surface area contributed by atoms with Crippen molar-refractivity contribution in [3.05, 3.63) is 28.8 Å². The second kappa shape index (κ2) is 6.41. The van der Waals surface area contributed by atoms with Crippen molar-refractivity contribution in [1.82, 2.24) is 0 Å². The fourth-order valence-electron chi connectivity index (χ4n) is 1.28. The number of thioether (sulfide) groups is 1. The minimum atomic E-state index is 0.518. The standard InChI is InChI=1S/C12H18ClNS/c1-9(2)6-7-15-12-5-3-4-11(13)10(12)8-14/h3-5,9H,6-8,14H2,1-2H3. The summed E-state index contributed by atoms with van der Waals surface area (Å²) < 4.78 is 0. The Morgan fingerprint density at radius 3 is 2.73 bits per heavy atom. The summed E-state index contributed by atoms with van der Waals surface area (Å²) in [6.07, 6.45) is 1.22. The van der Waals surface area contributed by atoms with Gasteiger partial charge in [-0.15, -0.1) is 11.8 Å². The molecule has 0 amide bonds. The molecule has 0 heterocycles. The van der Waals surface area contributed by atoms with Crippen LogP contribution < -0.4 is 5.73 Å². The topological polar surface area (TPSA) is 26.0 Å². The zero-order valence-corrected chi connectivity index (χ0v) is 10.9. The summed E-state index contributed by atoms with van der Waals surface area (Å²) in [6, 6.07) is 5.98. The van der Waals surface area contributed by atoms with Crippen LogP contribution in [0, 0.1) is 5.92 Å². The van der Waals surface area contributed by atoms with E-state index in [-0.39, 0.29) is 0 Å². The van der Waals surface area contributed by atoms with Gasteiger partial charge < -0.3 is 5.73 Å². The smallest absolute Gasteiger partial charge is 0.0462 e. The third-order valence-corrected chi connectivity index (χ3v) is 3.72. The molecule has 1 aromatic carbocycles. The Balaban J connectivity index is 2.64. The van der Waals surface area contributed by atoms with Gasteiger partial charge in [-0.3, -0.25) is 0 Å². The molecule has 1 nitrogen and oxygen atoms in total. The summed E-state index contributed by atoms with van der Waals surface area (Å²) in [5, 5.41) is 0.784. The van der Waals surface area contributed by atoms with Gasteiger partial charge in [-0.2, -0.15) is 0 Å². The first-order chi connectivity index (χ1) is 7.15. The molecule has 0 fully saturated rings. The first-order valence-corrected chi connectivity index (χ1v) is 6.61. The van der Waals surface area contributed by atoms with Gasteiger partial charge >= 0.3 is 0 Å². The molecule has 0 atom stereocenters. The SMILES string of the molecule is CC(C)CCSc1cccc(Cl)c1CN. The van der Waals surface area contributed by atoms with E-state index in [0.717, 1.165) is 22.3 Å². The Labute approximate surface area is 101 Å². The normalized spacial score (nSPS) is 11.0. The maximum Gasteiger partial charge on any atom is 0.0462 e. The fourth-order valence-corrected chi connectivity index (χ4v) is 2.94. The molecule has 0 aliphatic rings. The number of benzene rings is 1. The van der Waals surface area contributed by atoms with Crippen molar-refractivity contribution in [2.75, 3.05) is 5.75 Å². The van der Waals surface area contributed by atoms with E-state index >= 15 is 0 Å². The van der Waals surface area contributed by atoms with Gasteiger partial charge in [-0.1, -0.05) is 31.5 Å². The lowest BCUT2D eigenvalue weighted by atomic mass is 10.2. The van der Waals surface area contributed by atoms with Gasteiger partial charge in [0.1, 0.15) is 0 Å². The van der Waals surface area contributed by atoms with Gasteiger partial charge in [0.25, 0.3) is 0 Å². The quantitative estimate of drug-likeness (QED) is 0.793. The molecule has 0 saturated heterocycles. The van der Waals surface area contributed by atoms with Crippen LogP contribution in [-0.4, -0.2) is 5.75 Å². The van der Waals surface area contributed by atoms with Crippen molar-refractivity contribution >= 4 is 23.4 Å². The Kier molecular flexibility index (Phi) is 5.51. The van der Waals surface area contributed by atoms with Crippen LogP contribution in [0.25, 0.3) is 0 Å². The van der Waals surface area contributed by atoms with Crippen LogP contribution >= 0.6 is 23.4 Å². The molecule has 0 saturated carbocycles. The van der Waals surface area contributed by atoms with E-state index in [9.17, 15) is 0 Å². The van der Waals surface area contributed by atoms with E-state index in [1.165, 1.54) is 11.3 Å². The lowest BCUT2D eigenvalue weighted by Crippen LogP contribution is -2.00. The highest BCUT2D eigenvalue weighted by atomic mass is 35.5. The molecule has 3 heteroatoms. The van der Waals surface area contributed by atoms with Gasteiger partial charge in [0.05, 0.1) is 0 Å². The Morgan fingerprint density at radius 2 is 2.13 bits per heavy atom. The molecule has 15 heavy (non-hydrogen) atoms. The summed E-state index contributed by atoms with van der Waals surface area (Å²) >= 11 is 7.93. The molecule has 2 N–H and O–H groups in total. The van der Waals surface area contributed by atoms with Gasteiger partial charge in [0, 0.05) is 16.5 Å². The third kappa shape index (κ3) is 4.06. The molecule has 0 unspecified atom stereocenters. The minimum absolute atomic E-state index is 0.518. The number of hydrogen-bond donors (Lipinski definition) is 1. The fraction of sp³-hybridized carbons (Fsp3) is 0.500. The minimum Gasteiger partial charge on any atom is -0.326 e. The van der Waals surface area contributed by atoms with Gasteiger partial charge in [0.2, 0.25) is 0 Å². The maximum absolute atomic E-state index is 6.08. The first-order valence-electron chi connectivity index (χ1n) is 5.25. The maximum atomic E-state index is 6.08. The van der Waals surface area contributed by atoms with E-state index in [1.807, 2.05) is 23.9 Å². The third-order valence-electron chi connectivity index (χ3n) is 2.23. The molecular formula is C12H18ClNS. The summed E-state index contributed by atoms with van der Waals surface area (Å²) in [6.45, 7) is 4.99. The molecule has 0 aliphatic heterocycles. The van der Waals surface area contributed by atoms with E-state index in [0.29, 0.717) is 6.54 Å². The number of nitrogens with two attached hydrogens (primary N) is 1. The van der Waals surface area contributed by atoms with E-state index in [4.69, 9.17) is 17.3 Å². The van der Waals surface area contributed by atoms with Crippen LogP contribution in [0.4, 0.5) is 0 Å². The Morgan fingerprint density at radius 1 is 1.40 bits per heavy atom. The summed E-state index contributed by atoms with van der Waals surface area (Å²) in [5.74, 6) is 1.88. The van der Waals surface area contributed by atoms with Crippen molar-refractivity contribution < 1.29 is 0 Å². The lowest BCUT2D eigenvalue weighted by Gasteiger charge is -2.09. The number of halogens is 1. The van der Waals surface area contributed by atoms with Crippen molar-refractivity contribution in [1.29, 1.82) is 0 Å². The predicted molar refractivity (Wildman–Crippen MR) is 69.5 cm³/mol. The van der Waals surface area contributed by atoms with Crippen LogP contribution in [-0.2, 0) is 6.54 Å². The van der Waals surface area contributed by atoms with Crippen LogP contribution in [0.1, 0.15) is 25.8 Å². The average molecular weight is 244 g/mol. The predicted octanol–water partition coefficient (Wildman–Crippen LogP) is 3.94. The molecule has 1 rings (SSSR count). The van der Waals surface area contributed by atoms with Gasteiger partial charge in [0.15, 0.2) is 0 Å². The monoisotopic (exact) mass is 243 g/mol. The molecule has 0 bridgehead atoms. The van der Waals surface area contributed by atoms with Gasteiger partial charge in [-0.25, -0.2) is 0 Å². The van der Waals surface area contributed by atoms with Gasteiger partial charge in [-0.05, 0) is 35.8 Å². The van der Waals surface area contributed by atoms with Crippen molar-refractivity contribution in [3.63, 3.8) is 0 Å². The van der Waals surface area contributed by atoms with Crippen LogP contribution in [0.3, 0.4) is 0 Å². The highest BCUT2D eigenvalue weighted by molar-refractivity contribution is 7.99. The highest BCUT2D eigenvalue weighted by Gasteiger charge is 2.05. The molecule has 0 radical (unpaired) electrons. The first kappa shape index (κ1) is 12.9. The molecule has 0 aliphatic carbocycles. The second-order valence-electron chi connectivity index (χ2n) is 3.95. The molecule has 1 aromatic rings. The van der Waals surface area contributed by atoms with E-state index in [1.54, 1.807) is 0 Å². The summed E-state index contributed by atoms with van der Waals surface area (Å²) in [7, 11) is 0. The molecule has 84 valence electrons. The highest BCUT2D eigenvalue weighted by Crippen LogP contribution is 2.29. The summed E-state index contributed by atoms with van der Waals surface area (Å²) in [5.41, 5.74) is 6.76. The van der Waals surface area contributed by atoms with Crippen molar-refractivity contribution in [3.8, 4) is 0 Å². The summed E-state index contributed by atoms with van der Waals surface area (Å²) in [4.78, 5) is 1.23. The number of rotatable bonds is 5. The van der Waals surface area contributed by atoms with Crippen LogP contribution in [0.5, 0.6) is 0 Å². The average Bonchev–Trinajstić information content (AvgIpc) is 2.17. The zero-order chi connectivity index (χ0) is 11.3.